The predicted octanol–water partition coefficient (Wildman–Crippen LogP) is 1.50. The van der Waals surface area contributed by atoms with E-state index in [0.717, 1.165) is 4.90 Å². The van der Waals surface area contributed by atoms with Gasteiger partial charge in [-0.15, -0.1) is 0 Å². The zero-order chi connectivity index (χ0) is 16.2. The summed E-state index contributed by atoms with van der Waals surface area (Å²) in [6.45, 7) is -1.95. The van der Waals surface area contributed by atoms with Crippen molar-refractivity contribution >= 4 is 17.3 Å². The topological polar surface area (TPSA) is 104 Å². The Morgan fingerprint density at radius 2 is 2.05 bits per heavy atom. The van der Waals surface area contributed by atoms with E-state index in [0.29, 0.717) is 12.1 Å². The molecule has 7 nitrogen and oxygen atoms in total. The van der Waals surface area contributed by atoms with Gasteiger partial charge in [0.15, 0.2) is 0 Å². The lowest BCUT2D eigenvalue weighted by Crippen LogP contribution is -2.32. The summed E-state index contributed by atoms with van der Waals surface area (Å²) in [6.07, 6.45) is -2.88. The van der Waals surface area contributed by atoms with Gasteiger partial charge >= 0.3 is 5.97 Å². The van der Waals surface area contributed by atoms with Gasteiger partial charge in [0, 0.05) is 18.7 Å². The van der Waals surface area contributed by atoms with Crippen molar-refractivity contribution in [3.05, 3.63) is 33.6 Å². The molecule has 0 bridgehead atoms. The van der Waals surface area contributed by atoms with Crippen LogP contribution in [0.4, 0.5) is 24.5 Å². The summed E-state index contributed by atoms with van der Waals surface area (Å²) in [6, 6.07) is 0.961. The molecular formula is C11H11F3N2O5. The highest BCUT2D eigenvalue weighted by atomic mass is 19.3. The molecule has 0 aliphatic carbocycles. The van der Waals surface area contributed by atoms with Crippen LogP contribution in [0.5, 0.6) is 0 Å². The van der Waals surface area contributed by atoms with E-state index < -0.39 is 59.8 Å². The fourth-order valence-electron chi connectivity index (χ4n) is 1.71. The predicted molar refractivity (Wildman–Crippen MR) is 65.3 cm³/mol. The molecule has 0 aliphatic heterocycles. The smallest absolute Gasteiger partial charge is 0.338 e. The van der Waals surface area contributed by atoms with Gasteiger partial charge in [0.25, 0.3) is 12.1 Å². The molecular weight excluding hydrogens is 297 g/mol. The number of halogens is 3. The third kappa shape index (κ3) is 4.05. The summed E-state index contributed by atoms with van der Waals surface area (Å²) >= 11 is 0. The molecule has 1 aromatic carbocycles. The van der Waals surface area contributed by atoms with Gasteiger partial charge in [-0.05, 0) is 0 Å². The van der Waals surface area contributed by atoms with Crippen LogP contribution in [-0.4, -0.2) is 47.2 Å². The molecule has 0 atom stereocenters. The number of hydrogen-bond donors (Lipinski definition) is 2. The second-order valence-corrected chi connectivity index (χ2v) is 3.94. The van der Waals surface area contributed by atoms with Crippen LogP contribution in [0.15, 0.2) is 12.1 Å². The largest absolute Gasteiger partial charge is 0.478 e. The Morgan fingerprint density at radius 1 is 1.43 bits per heavy atom. The number of nitro groups is 1. The Balaban J connectivity index is 3.40. The number of hydrogen-bond acceptors (Lipinski definition) is 5. The van der Waals surface area contributed by atoms with Gasteiger partial charge < -0.3 is 15.1 Å². The highest BCUT2D eigenvalue weighted by Crippen LogP contribution is 2.31. The Hall–Kier alpha value is -2.36. The van der Waals surface area contributed by atoms with E-state index >= 15 is 0 Å². The maximum absolute atomic E-state index is 13.6. The number of carboxylic acids is 1. The summed E-state index contributed by atoms with van der Waals surface area (Å²) in [5.74, 6) is -3.01. The van der Waals surface area contributed by atoms with Crippen molar-refractivity contribution in [1.29, 1.82) is 0 Å². The van der Waals surface area contributed by atoms with Gasteiger partial charge in [-0.25, -0.2) is 18.0 Å². The van der Waals surface area contributed by atoms with Crippen LogP contribution in [0.1, 0.15) is 10.4 Å². The van der Waals surface area contributed by atoms with Gasteiger partial charge in [0.1, 0.15) is 17.1 Å². The highest BCUT2D eigenvalue weighted by molar-refractivity contribution is 5.90. The van der Waals surface area contributed by atoms with Crippen LogP contribution in [0, 0.1) is 15.9 Å². The number of aliphatic hydroxyl groups is 1. The molecule has 0 saturated heterocycles. The number of aliphatic hydroxyl groups excluding tert-OH is 1. The van der Waals surface area contributed by atoms with E-state index in [9.17, 15) is 28.1 Å². The first-order chi connectivity index (χ1) is 9.77. The fraction of sp³-hybridized carbons (Fsp3) is 0.364. The first-order valence-electron chi connectivity index (χ1n) is 5.63. The molecule has 0 aromatic heterocycles. The normalized spacial score (nSPS) is 10.7. The summed E-state index contributed by atoms with van der Waals surface area (Å²) in [5, 5.41) is 28.4. The SMILES string of the molecule is O=C(O)c1cc([N+](=O)[O-])c(N(CCO)CC(F)F)cc1F. The molecule has 0 spiro atoms. The van der Waals surface area contributed by atoms with Gasteiger partial charge in [-0.2, -0.15) is 0 Å². The minimum atomic E-state index is -2.88. The maximum Gasteiger partial charge on any atom is 0.338 e. The third-order valence-electron chi connectivity index (χ3n) is 2.56. The average Bonchev–Trinajstić information content (AvgIpc) is 2.36. The first-order valence-corrected chi connectivity index (χ1v) is 5.63. The van der Waals surface area contributed by atoms with Gasteiger partial charge in [0.2, 0.25) is 0 Å². The van der Waals surface area contributed by atoms with Crippen LogP contribution in [-0.2, 0) is 0 Å². The lowest BCUT2D eigenvalue weighted by Gasteiger charge is -2.23. The minimum absolute atomic E-state index is 0.392. The molecule has 0 heterocycles. The molecule has 0 radical (unpaired) electrons. The second-order valence-electron chi connectivity index (χ2n) is 3.94. The monoisotopic (exact) mass is 308 g/mol. The fourth-order valence-corrected chi connectivity index (χ4v) is 1.71. The second kappa shape index (κ2) is 6.88. The van der Waals surface area contributed by atoms with E-state index in [4.69, 9.17) is 10.2 Å². The van der Waals surface area contributed by atoms with Crippen LogP contribution in [0.3, 0.4) is 0 Å². The maximum atomic E-state index is 13.6. The molecule has 0 aliphatic rings. The van der Waals surface area contributed by atoms with Crippen LogP contribution in [0.25, 0.3) is 0 Å². The molecule has 1 aromatic rings. The summed E-state index contributed by atoms with van der Waals surface area (Å²) < 4.78 is 38.5. The molecule has 0 saturated carbocycles. The van der Waals surface area contributed by atoms with Crippen molar-refractivity contribution in [3.63, 3.8) is 0 Å². The zero-order valence-electron chi connectivity index (χ0n) is 10.5. The van der Waals surface area contributed by atoms with Crippen LogP contribution >= 0.6 is 0 Å². The Morgan fingerprint density at radius 3 is 2.48 bits per heavy atom. The van der Waals surface area contributed by atoms with Crippen molar-refractivity contribution in [2.24, 2.45) is 0 Å². The van der Waals surface area contributed by atoms with Gasteiger partial charge in [0.05, 0.1) is 18.1 Å². The van der Waals surface area contributed by atoms with Crippen LogP contribution in [0.2, 0.25) is 0 Å². The Bertz CT molecular complexity index is 553. The number of nitro benzene ring substituents is 1. The molecule has 0 amide bonds. The standard InChI is InChI=1S/C11H11F3N2O5/c12-7-4-8(15(1-2-17)5-10(13)14)9(16(20)21)3-6(7)11(18)19/h3-4,10,17H,1-2,5H2,(H,18,19). The Kier molecular flexibility index (Phi) is 5.47. The van der Waals surface area contributed by atoms with Crippen molar-refractivity contribution in [3.8, 4) is 0 Å². The molecule has 21 heavy (non-hydrogen) atoms. The van der Waals surface area contributed by atoms with Crippen molar-refractivity contribution in [2.75, 3.05) is 24.6 Å². The van der Waals surface area contributed by atoms with E-state index in [-0.39, 0.29) is 0 Å². The number of alkyl halides is 2. The summed E-state index contributed by atoms with van der Waals surface area (Å²) in [4.78, 5) is 21.4. The first kappa shape index (κ1) is 16.7. The lowest BCUT2D eigenvalue weighted by molar-refractivity contribution is -0.384. The van der Waals surface area contributed by atoms with Crippen molar-refractivity contribution in [2.45, 2.75) is 6.43 Å². The number of aromatic carboxylic acids is 1. The number of anilines is 1. The van der Waals surface area contributed by atoms with E-state index in [1.54, 1.807) is 0 Å². The molecule has 2 N–H and O–H groups in total. The molecule has 0 fully saturated rings. The van der Waals surface area contributed by atoms with Crippen LogP contribution < -0.4 is 4.90 Å². The number of benzene rings is 1. The molecule has 1 rings (SSSR count). The Labute approximate surface area is 116 Å². The van der Waals surface area contributed by atoms with Gasteiger partial charge in [-0.1, -0.05) is 0 Å². The summed E-state index contributed by atoms with van der Waals surface area (Å²) in [5.41, 5.74) is -2.29. The molecule has 116 valence electrons. The lowest BCUT2D eigenvalue weighted by atomic mass is 10.1. The number of carboxylic acid groups (broad SMARTS) is 1. The zero-order valence-corrected chi connectivity index (χ0v) is 10.5. The molecule has 10 heteroatoms. The highest BCUT2D eigenvalue weighted by Gasteiger charge is 2.26. The average molecular weight is 308 g/mol. The quantitative estimate of drug-likeness (QED) is 0.584. The number of carbonyl (C=O) groups is 1. The van der Waals surface area contributed by atoms with E-state index in [1.165, 1.54) is 0 Å². The van der Waals surface area contributed by atoms with E-state index in [1.807, 2.05) is 0 Å². The van der Waals surface area contributed by atoms with Crippen molar-refractivity contribution < 1.29 is 33.1 Å². The van der Waals surface area contributed by atoms with E-state index in [2.05, 4.69) is 0 Å². The number of nitrogens with zero attached hydrogens (tertiary/aromatic N) is 2. The molecule has 0 unspecified atom stereocenters. The number of rotatable bonds is 7. The summed E-state index contributed by atoms with van der Waals surface area (Å²) in [7, 11) is 0. The van der Waals surface area contributed by atoms with Crippen molar-refractivity contribution in [1.82, 2.24) is 0 Å². The van der Waals surface area contributed by atoms with Gasteiger partial charge in [-0.3, -0.25) is 10.1 Å². The minimum Gasteiger partial charge on any atom is -0.478 e. The third-order valence-corrected chi connectivity index (χ3v) is 2.56.